The van der Waals surface area contributed by atoms with Crippen molar-refractivity contribution in [3.05, 3.63) is 35.4 Å². The molecule has 1 aromatic carbocycles. The van der Waals surface area contributed by atoms with Gasteiger partial charge in [0.1, 0.15) is 12.1 Å². The Hall–Kier alpha value is -2.51. The molecule has 26 heavy (non-hydrogen) atoms. The second-order valence-corrected chi connectivity index (χ2v) is 7.16. The van der Waals surface area contributed by atoms with Crippen molar-refractivity contribution in [1.29, 1.82) is 0 Å². The van der Waals surface area contributed by atoms with Crippen molar-refractivity contribution in [2.45, 2.75) is 32.2 Å². The van der Waals surface area contributed by atoms with Crippen LogP contribution in [0.15, 0.2) is 18.2 Å². The molecule has 2 aliphatic rings. The summed E-state index contributed by atoms with van der Waals surface area (Å²) in [5, 5.41) is 2.49. The van der Waals surface area contributed by atoms with Crippen LogP contribution >= 0.6 is 0 Å². The van der Waals surface area contributed by atoms with Gasteiger partial charge in [-0.1, -0.05) is 13.0 Å². The lowest BCUT2D eigenvalue weighted by Gasteiger charge is -2.31. The fourth-order valence-corrected chi connectivity index (χ4v) is 3.49. The third-order valence-corrected chi connectivity index (χ3v) is 5.08. The summed E-state index contributed by atoms with van der Waals surface area (Å²) < 4.78 is 26.7. The zero-order valence-corrected chi connectivity index (χ0v) is 14.7. The van der Waals surface area contributed by atoms with E-state index in [-0.39, 0.29) is 18.0 Å². The minimum absolute atomic E-state index is 0.122. The van der Waals surface area contributed by atoms with Crippen LogP contribution < -0.4 is 5.32 Å². The van der Waals surface area contributed by atoms with Crippen molar-refractivity contribution in [2.24, 2.45) is 5.92 Å². The molecule has 0 aromatic heterocycles. The molecule has 2 aliphatic heterocycles. The molecule has 0 saturated carbocycles. The highest BCUT2D eigenvalue weighted by atomic mass is 19.2. The number of halogens is 2. The smallest absolute Gasteiger partial charge is 0.325 e. The number of amides is 4. The second-order valence-electron chi connectivity index (χ2n) is 7.16. The van der Waals surface area contributed by atoms with E-state index in [2.05, 4.69) is 5.32 Å². The van der Waals surface area contributed by atoms with Gasteiger partial charge in [0.2, 0.25) is 5.91 Å². The maximum atomic E-state index is 13.5. The van der Waals surface area contributed by atoms with Gasteiger partial charge in [-0.3, -0.25) is 14.5 Å². The van der Waals surface area contributed by atoms with Crippen molar-refractivity contribution >= 4 is 17.8 Å². The predicted octanol–water partition coefficient (Wildman–Crippen LogP) is 1.99. The van der Waals surface area contributed by atoms with Crippen LogP contribution in [0.5, 0.6) is 0 Å². The van der Waals surface area contributed by atoms with E-state index in [0.717, 1.165) is 29.9 Å². The van der Waals surface area contributed by atoms with E-state index in [0.29, 0.717) is 19.0 Å². The molecule has 2 unspecified atom stereocenters. The average molecular weight is 365 g/mol. The molecule has 2 fully saturated rings. The number of imide groups is 1. The Morgan fingerprint density at radius 2 is 2.04 bits per heavy atom. The van der Waals surface area contributed by atoms with E-state index >= 15 is 0 Å². The fourth-order valence-electron chi connectivity index (χ4n) is 3.49. The summed E-state index contributed by atoms with van der Waals surface area (Å²) in [6.07, 6.45) is 1.93. The molecule has 0 bridgehead atoms. The van der Waals surface area contributed by atoms with Crippen LogP contribution in [0.4, 0.5) is 13.6 Å². The number of carbonyl (C=O) groups is 3. The van der Waals surface area contributed by atoms with Gasteiger partial charge in [0.05, 0.1) is 0 Å². The summed E-state index contributed by atoms with van der Waals surface area (Å²) in [7, 11) is 0. The third kappa shape index (κ3) is 3.15. The van der Waals surface area contributed by atoms with Crippen molar-refractivity contribution in [3.63, 3.8) is 0 Å². The molecule has 2 atom stereocenters. The van der Waals surface area contributed by atoms with Gasteiger partial charge in [-0.05, 0) is 43.4 Å². The van der Waals surface area contributed by atoms with Crippen molar-refractivity contribution in [2.75, 3.05) is 19.6 Å². The first kappa shape index (κ1) is 18.3. The minimum atomic E-state index is -1.54. The lowest BCUT2D eigenvalue weighted by Crippen LogP contribution is -2.47. The van der Waals surface area contributed by atoms with Gasteiger partial charge in [0, 0.05) is 13.1 Å². The summed E-state index contributed by atoms with van der Waals surface area (Å²) in [6, 6.07) is 2.30. The zero-order chi connectivity index (χ0) is 19.1. The average Bonchev–Trinajstić information content (AvgIpc) is 2.81. The monoisotopic (exact) mass is 365 g/mol. The van der Waals surface area contributed by atoms with Crippen LogP contribution in [0.3, 0.4) is 0 Å². The number of nitrogens with one attached hydrogen (secondary N) is 1. The molecule has 1 N–H and O–H groups in total. The Kier molecular flexibility index (Phi) is 4.68. The van der Waals surface area contributed by atoms with Gasteiger partial charge in [0.25, 0.3) is 5.91 Å². The van der Waals surface area contributed by atoms with E-state index in [1.54, 1.807) is 4.90 Å². The molecule has 0 aliphatic carbocycles. The molecular weight excluding hydrogens is 344 g/mol. The largest absolute Gasteiger partial charge is 0.341 e. The normalized spacial score (nSPS) is 26.2. The number of nitrogens with zero attached hydrogens (tertiary/aromatic N) is 2. The van der Waals surface area contributed by atoms with Crippen LogP contribution in [-0.4, -0.2) is 47.3 Å². The van der Waals surface area contributed by atoms with Gasteiger partial charge in [-0.25, -0.2) is 13.6 Å². The number of likely N-dealkylation sites (tertiary alicyclic amines) is 1. The molecule has 4 amide bonds. The molecule has 0 spiro atoms. The third-order valence-electron chi connectivity index (χ3n) is 5.08. The number of urea groups is 1. The number of hydrogen-bond acceptors (Lipinski definition) is 3. The van der Waals surface area contributed by atoms with E-state index in [9.17, 15) is 23.2 Å². The Morgan fingerprint density at radius 3 is 2.69 bits per heavy atom. The summed E-state index contributed by atoms with van der Waals surface area (Å²) in [4.78, 5) is 40.0. The number of hydrogen-bond donors (Lipinski definition) is 1. The van der Waals surface area contributed by atoms with E-state index < -0.39 is 29.1 Å². The van der Waals surface area contributed by atoms with Gasteiger partial charge in [-0.15, -0.1) is 0 Å². The Balaban J connectivity index is 1.78. The first-order chi connectivity index (χ1) is 12.2. The van der Waals surface area contributed by atoms with Gasteiger partial charge >= 0.3 is 6.03 Å². The lowest BCUT2D eigenvalue weighted by molar-refractivity contribution is -0.139. The maximum absolute atomic E-state index is 13.5. The molecule has 0 radical (unpaired) electrons. The molecule has 2 saturated heterocycles. The molecular formula is C18H21F2N3O3. The summed E-state index contributed by atoms with van der Waals surface area (Å²) in [5.41, 5.74) is -1.42. The van der Waals surface area contributed by atoms with Crippen LogP contribution in [0.2, 0.25) is 0 Å². The number of rotatable bonds is 3. The Labute approximate surface area is 150 Å². The zero-order valence-electron chi connectivity index (χ0n) is 14.7. The highest BCUT2D eigenvalue weighted by molar-refractivity contribution is 6.09. The first-order valence-corrected chi connectivity index (χ1v) is 8.60. The summed E-state index contributed by atoms with van der Waals surface area (Å²) in [5.74, 6) is -2.73. The minimum Gasteiger partial charge on any atom is -0.341 e. The van der Waals surface area contributed by atoms with E-state index in [1.807, 2.05) is 6.92 Å². The standard InChI is InChI=1S/C18H21F2N3O3/c1-11-4-3-7-22(9-11)15(24)10-23-16(25)18(2,21-17(23)26)12-5-6-13(19)14(20)8-12/h5-6,8,11H,3-4,7,9-10H2,1-2H3,(H,21,26). The highest BCUT2D eigenvalue weighted by Gasteiger charge is 2.50. The number of benzene rings is 1. The van der Waals surface area contributed by atoms with Gasteiger partial charge < -0.3 is 10.2 Å². The van der Waals surface area contributed by atoms with E-state index in [1.165, 1.54) is 13.0 Å². The second kappa shape index (κ2) is 6.66. The SMILES string of the molecule is CC1CCCN(C(=O)CN2C(=O)NC(C)(c3ccc(F)c(F)c3)C2=O)C1. The lowest BCUT2D eigenvalue weighted by atomic mass is 9.92. The van der Waals surface area contributed by atoms with E-state index in [4.69, 9.17) is 0 Å². The fraction of sp³-hybridized carbons (Fsp3) is 0.500. The molecule has 1 aromatic rings. The predicted molar refractivity (Wildman–Crippen MR) is 88.9 cm³/mol. The number of carbonyl (C=O) groups excluding carboxylic acids is 3. The molecule has 2 heterocycles. The molecule has 3 rings (SSSR count). The maximum Gasteiger partial charge on any atom is 0.325 e. The Morgan fingerprint density at radius 1 is 1.31 bits per heavy atom. The Bertz CT molecular complexity index is 770. The van der Waals surface area contributed by atoms with Crippen molar-refractivity contribution < 1.29 is 23.2 Å². The first-order valence-electron chi connectivity index (χ1n) is 8.60. The molecule has 8 heteroatoms. The van der Waals surface area contributed by atoms with Crippen LogP contribution in [0.25, 0.3) is 0 Å². The number of piperidine rings is 1. The molecule has 140 valence electrons. The summed E-state index contributed by atoms with van der Waals surface area (Å²) in [6.45, 7) is 4.30. The van der Waals surface area contributed by atoms with Gasteiger partial charge in [0.15, 0.2) is 11.6 Å². The van der Waals surface area contributed by atoms with Crippen LogP contribution in [0, 0.1) is 17.6 Å². The van der Waals surface area contributed by atoms with Crippen molar-refractivity contribution in [3.8, 4) is 0 Å². The summed E-state index contributed by atoms with van der Waals surface area (Å²) >= 11 is 0. The van der Waals surface area contributed by atoms with Gasteiger partial charge in [-0.2, -0.15) is 0 Å². The topological polar surface area (TPSA) is 69.7 Å². The van der Waals surface area contributed by atoms with Crippen LogP contribution in [0.1, 0.15) is 32.3 Å². The van der Waals surface area contributed by atoms with Crippen molar-refractivity contribution in [1.82, 2.24) is 15.1 Å². The van der Waals surface area contributed by atoms with Crippen LogP contribution in [-0.2, 0) is 15.1 Å². The molecule has 6 nitrogen and oxygen atoms in total. The highest BCUT2D eigenvalue weighted by Crippen LogP contribution is 2.30. The quantitative estimate of drug-likeness (QED) is 0.833.